The minimum atomic E-state index is 0.0363. The summed E-state index contributed by atoms with van der Waals surface area (Å²) in [6, 6.07) is 5.23. The van der Waals surface area contributed by atoms with Crippen molar-refractivity contribution in [3.8, 4) is 11.8 Å². The van der Waals surface area contributed by atoms with E-state index in [-0.39, 0.29) is 12.5 Å². The number of piperidine rings is 1. The van der Waals surface area contributed by atoms with Crippen LogP contribution >= 0.6 is 11.6 Å². The molecule has 1 aromatic carbocycles. The van der Waals surface area contributed by atoms with Crippen LogP contribution in [0.1, 0.15) is 42.1 Å². The second-order valence-electron chi connectivity index (χ2n) is 5.44. The molecule has 1 saturated heterocycles. The van der Waals surface area contributed by atoms with Gasteiger partial charge in [-0.1, -0.05) is 30.4 Å². The third kappa shape index (κ3) is 4.23. The summed E-state index contributed by atoms with van der Waals surface area (Å²) in [5.74, 6) is 6.46. The first-order valence-corrected chi connectivity index (χ1v) is 7.68. The molecule has 0 aromatic heterocycles. The molecule has 1 N–H and O–H groups in total. The number of benzene rings is 1. The zero-order valence-electron chi connectivity index (χ0n) is 12.2. The van der Waals surface area contributed by atoms with Gasteiger partial charge in [0, 0.05) is 30.6 Å². The summed E-state index contributed by atoms with van der Waals surface area (Å²) in [5, 5.41) is 9.19. The maximum absolute atomic E-state index is 12.4. The topological polar surface area (TPSA) is 40.5 Å². The standard InChI is InChI=1S/C17H20ClNO2/c1-13-7-9-19(10-8-13)17(21)15-6-5-14(16(18)12-15)4-2-3-11-20/h5-6,12-13,20H,3,7-11H2,1H3. The number of aliphatic hydroxyl groups excluding tert-OH is 1. The SMILES string of the molecule is CC1CCN(C(=O)c2ccc(C#CCCO)c(Cl)c2)CC1. The molecule has 1 aromatic rings. The molecule has 3 nitrogen and oxygen atoms in total. The summed E-state index contributed by atoms with van der Waals surface area (Å²) >= 11 is 6.18. The van der Waals surface area contributed by atoms with E-state index in [1.54, 1.807) is 18.2 Å². The molecular weight excluding hydrogens is 286 g/mol. The lowest BCUT2D eigenvalue weighted by Gasteiger charge is -2.30. The summed E-state index contributed by atoms with van der Waals surface area (Å²) in [6.45, 7) is 3.89. The van der Waals surface area contributed by atoms with Crippen LogP contribution in [0.2, 0.25) is 5.02 Å². The van der Waals surface area contributed by atoms with Crippen LogP contribution in [0.5, 0.6) is 0 Å². The largest absolute Gasteiger partial charge is 0.395 e. The highest BCUT2D eigenvalue weighted by Gasteiger charge is 2.21. The number of nitrogens with zero attached hydrogens (tertiary/aromatic N) is 1. The van der Waals surface area contributed by atoms with Gasteiger partial charge in [0.25, 0.3) is 5.91 Å². The van der Waals surface area contributed by atoms with Gasteiger partial charge in [-0.05, 0) is 37.0 Å². The monoisotopic (exact) mass is 305 g/mol. The van der Waals surface area contributed by atoms with Gasteiger partial charge in [0.2, 0.25) is 0 Å². The zero-order chi connectivity index (χ0) is 15.2. The van der Waals surface area contributed by atoms with E-state index in [0.717, 1.165) is 25.9 Å². The van der Waals surface area contributed by atoms with Crippen molar-refractivity contribution in [3.63, 3.8) is 0 Å². The fraction of sp³-hybridized carbons (Fsp3) is 0.471. The molecule has 0 aliphatic carbocycles. The van der Waals surface area contributed by atoms with Gasteiger partial charge >= 0.3 is 0 Å². The number of carbonyl (C=O) groups is 1. The number of likely N-dealkylation sites (tertiary alicyclic amines) is 1. The van der Waals surface area contributed by atoms with Crippen LogP contribution in [0.25, 0.3) is 0 Å². The Kier molecular flexibility index (Phi) is 5.67. The fourth-order valence-electron chi connectivity index (χ4n) is 2.36. The van der Waals surface area contributed by atoms with E-state index in [9.17, 15) is 4.79 Å². The number of aliphatic hydroxyl groups is 1. The summed E-state index contributed by atoms with van der Waals surface area (Å²) in [7, 11) is 0. The van der Waals surface area contributed by atoms with Crippen molar-refractivity contribution in [1.29, 1.82) is 0 Å². The number of carbonyl (C=O) groups excluding carboxylic acids is 1. The molecule has 112 valence electrons. The highest BCUT2D eigenvalue weighted by molar-refractivity contribution is 6.32. The third-order valence-corrected chi connectivity index (χ3v) is 4.06. The van der Waals surface area contributed by atoms with Crippen molar-refractivity contribution < 1.29 is 9.90 Å². The number of hydrogen-bond donors (Lipinski definition) is 1. The highest BCUT2D eigenvalue weighted by atomic mass is 35.5. The Labute approximate surface area is 130 Å². The van der Waals surface area contributed by atoms with Crippen LogP contribution < -0.4 is 0 Å². The molecule has 0 unspecified atom stereocenters. The lowest BCUT2D eigenvalue weighted by Crippen LogP contribution is -2.37. The van der Waals surface area contributed by atoms with E-state index in [0.29, 0.717) is 28.5 Å². The van der Waals surface area contributed by atoms with Crippen molar-refractivity contribution in [2.24, 2.45) is 5.92 Å². The van der Waals surface area contributed by atoms with Crippen LogP contribution in [0, 0.1) is 17.8 Å². The Morgan fingerprint density at radius 3 is 2.76 bits per heavy atom. The van der Waals surface area contributed by atoms with Crippen molar-refractivity contribution in [2.75, 3.05) is 19.7 Å². The lowest BCUT2D eigenvalue weighted by molar-refractivity contribution is 0.0697. The molecule has 0 saturated carbocycles. The summed E-state index contributed by atoms with van der Waals surface area (Å²) in [5.41, 5.74) is 1.30. The van der Waals surface area contributed by atoms with Crippen molar-refractivity contribution in [3.05, 3.63) is 34.3 Å². The van der Waals surface area contributed by atoms with Gasteiger partial charge < -0.3 is 10.0 Å². The number of rotatable bonds is 2. The number of halogens is 1. The predicted octanol–water partition coefficient (Wildman–Crippen LogP) is 2.95. The second-order valence-corrected chi connectivity index (χ2v) is 5.85. The molecule has 1 heterocycles. The van der Waals surface area contributed by atoms with E-state index in [4.69, 9.17) is 16.7 Å². The molecule has 0 spiro atoms. The first-order valence-electron chi connectivity index (χ1n) is 7.30. The van der Waals surface area contributed by atoms with Gasteiger partial charge in [-0.3, -0.25) is 4.79 Å². The average molecular weight is 306 g/mol. The average Bonchev–Trinajstić information content (AvgIpc) is 2.49. The number of amides is 1. The van der Waals surface area contributed by atoms with E-state index >= 15 is 0 Å². The van der Waals surface area contributed by atoms with Crippen LogP contribution in [0.3, 0.4) is 0 Å². The van der Waals surface area contributed by atoms with Crippen molar-refractivity contribution >= 4 is 17.5 Å². The maximum Gasteiger partial charge on any atom is 0.253 e. The molecule has 21 heavy (non-hydrogen) atoms. The van der Waals surface area contributed by atoms with Gasteiger partial charge in [0.05, 0.1) is 11.6 Å². The Hall–Kier alpha value is -1.50. The lowest BCUT2D eigenvalue weighted by atomic mass is 9.98. The van der Waals surface area contributed by atoms with Crippen LogP contribution in [0.4, 0.5) is 0 Å². The summed E-state index contributed by atoms with van der Waals surface area (Å²) in [6.07, 6.45) is 2.54. The smallest absolute Gasteiger partial charge is 0.253 e. The highest BCUT2D eigenvalue weighted by Crippen LogP contribution is 2.21. The molecule has 2 rings (SSSR count). The van der Waals surface area contributed by atoms with E-state index in [1.807, 2.05) is 4.90 Å². The number of hydrogen-bond acceptors (Lipinski definition) is 2. The first kappa shape index (κ1) is 15.9. The van der Waals surface area contributed by atoms with E-state index in [1.165, 1.54) is 0 Å². The van der Waals surface area contributed by atoms with Gasteiger partial charge in [-0.25, -0.2) is 0 Å². The normalized spacial score (nSPS) is 15.5. The molecule has 1 aliphatic rings. The quantitative estimate of drug-likeness (QED) is 0.854. The van der Waals surface area contributed by atoms with Crippen molar-refractivity contribution in [2.45, 2.75) is 26.2 Å². The molecule has 0 bridgehead atoms. The molecule has 1 aliphatic heterocycles. The fourth-order valence-corrected chi connectivity index (χ4v) is 2.59. The minimum Gasteiger partial charge on any atom is -0.395 e. The molecule has 4 heteroatoms. The van der Waals surface area contributed by atoms with Crippen LogP contribution in [-0.2, 0) is 0 Å². The Balaban J connectivity index is 2.09. The first-order chi connectivity index (χ1) is 10.1. The molecule has 0 radical (unpaired) electrons. The summed E-state index contributed by atoms with van der Waals surface area (Å²) < 4.78 is 0. The summed E-state index contributed by atoms with van der Waals surface area (Å²) in [4.78, 5) is 14.3. The molecule has 1 fully saturated rings. The van der Waals surface area contributed by atoms with E-state index < -0.39 is 0 Å². The molecule has 0 atom stereocenters. The van der Waals surface area contributed by atoms with Gasteiger partial charge in [0.1, 0.15) is 0 Å². The predicted molar refractivity (Wildman–Crippen MR) is 84.3 cm³/mol. The Morgan fingerprint density at radius 1 is 1.43 bits per heavy atom. The van der Waals surface area contributed by atoms with Gasteiger partial charge in [-0.15, -0.1) is 0 Å². The molecule has 1 amide bonds. The van der Waals surface area contributed by atoms with Crippen molar-refractivity contribution in [1.82, 2.24) is 4.90 Å². The second kappa shape index (κ2) is 7.49. The third-order valence-electron chi connectivity index (χ3n) is 3.75. The Bertz CT molecular complexity index is 566. The molecular formula is C17H20ClNO2. The van der Waals surface area contributed by atoms with Crippen LogP contribution in [0.15, 0.2) is 18.2 Å². The maximum atomic E-state index is 12.4. The van der Waals surface area contributed by atoms with Gasteiger partial charge in [-0.2, -0.15) is 0 Å². The van der Waals surface area contributed by atoms with Crippen LogP contribution in [-0.4, -0.2) is 35.6 Å². The zero-order valence-corrected chi connectivity index (χ0v) is 13.0. The van der Waals surface area contributed by atoms with Gasteiger partial charge in [0.15, 0.2) is 0 Å². The minimum absolute atomic E-state index is 0.0363. The Morgan fingerprint density at radius 2 is 2.14 bits per heavy atom. The van der Waals surface area contributed by atoms with E-state index in [2.05, 4.69) is 18.8 Å².